The van der Waals surface area contributed by atoms with Crippen molar-refractivity contribution in [3.63, 3.8) is 0 Å². The van der Waals surface area contributed by atoms with Gasteiger partial charge in [-0.2, -0.15) is 0 Å². The normalized spacial score (nSPS) is 11.8. The minimum atomic E-state index is 0.196. The van der Waals surface area contributed by atoms with Gasteiger partial charge >= 0.3 is 0 Å². The van der Waals surface area contributed by atoms with Crippen LogP contribution in [0, 0.1) is 0 Å². The smallest absolute Gasteiger partial charge is 0.195 e. The number of nitrogens with zero attached hydrogens (tertiary/aromatic N) is 2. The van der Waals surface area contributed by atoms with E-state index in [1.54, 1.807) is 25.1 Å². The van der Waals surface area contributed by atoms with Crippen molar-refractivity contribution in [2.24, 2.45) is 10.7 Å². The van der Waals surface area contributed by atoms with Crippen molar-refractivity contribution in [3.05, 3.63) is 26.2 Å². The van der Waals surface area contributed by atoms with E-state index in [0.29, 0.717) is 10.7 Å². The average Bonchev–Trinajstić information content (AvgIpc) is 2.29. The Kier molecular flexibility index (Phi) is 4.56. The number of aliphatic imine (C=N–C) groups is 1. The number of hydrogen-bond acceptors (Lipinski definition) is 1. The van der Waals surface area contributed by atoms with Crippen molar-refractivity contribution in [2.45, 2.75) is 0 Å². The number of rotatable bonds is 1. The maximum atomic E-state index is 6.04. The van der Waals surface area contributed by atoms with Gasteiger partial charge in [0.25, 0.3) is 0 Å². The minimum Gasteiger partial charge on any atom is -0.370 e. The third-order valence-electron chi connectivity index (χ3n) is 2.02. The van der Waals surface area contributed by atoms with E-state index in [4.69, 9.17) is 52.1 Å². The number of guanidine groups is 1. The van der Waals surface area contributed by atoms with Crippen molar-refractivity contribution in [3.8, 4) is 0 Å². The lowest BCUT2D eigenvalue weighted by Gasteiger charge is -2.20. The number of hydrogen-bond donors (Lipinski definition) is 1. The van der Waals surface area contributed by atoms with Gasteiger partial charge in [-0.25, -0.2) is 0 Å². The molecule has 0 fully saturated rings. The monoisotopic (exact) mass is 299 g/mol. The Balaban J connectivity index is 3.36. The molecule has 0 aliphatic heterocycles. The molecule has 0 saturated carbocycles. The molecule has 16 heavy (non-hydrogen) atoms. The van der Waals surface area contributed by atoms with Gasteiger partial charge in [0.05, 0.1) is 25.8 Å². The molecule has 1 rings (SSSR count). The Morgan fingerprint density at radius 2 is 1.75 bits per heavy atom. The highest BCUT2D eigenvalue weighted by Gasteiger charge is 2.17. The fraction of sp³-hybridized carbons (Fsp3) is 0.222. The molecule has 0 spiro atoms. The molecule has 0 aromatic heterocycles. The molecule has 2 N–H and O–H groups in total. The quantitative estimate of drug-likeness (QED) is 0.372. The molecular weight excluding hydrogens is 292 g/mol. The van der Waals surface area contributed by atoms with Gasteiger partial charge in [-0.1, -0.05) is 46.4 Å². The molecule has 0 atom stereocenters. The van der Waals surface area contributed by atoms with Crippen molar-refractivity contribution in [1.82, 2.24) is 0 Å². The van der Waals surface area contributed by atoms with Crippen LogP contribution in [0.2, 0.25) is 20.1 Å². The van der Waals surface area contributed by atoms with Crippen molar-refractivity contribution < 1.29 is 0 Å². The summed E-state index contributed by atoms with van der Waals surface area (Å²) in [6.07, 6.45) is 0. The SMILES string of the molecule is CN=C(N)N(C)c1cc(Cl)c(Cl)c(Cl)c1Cl. The number of nitrogens with two attached hydrogens (primary N) is 1. The molecule has 0 unspecified atom stereocenters. The second-order valence-electron chi connectivity index (χ2n) is 2.96. The highest BCUT2D eigenvalue weighted by molar-refractivity contribution is 6.52. The van der Waals surface area contributed by atoms with Crippen LogP contribution in [0.15, 0.2) is 11.1 Å². The maximum absolute atomic E-state index is 6.04. The predicted octanol–water partition coefficient (Wildman–Crippen LogP) is 3.68. The lowest BCUT2D eigenvalue weighted by atomic mass is 10.3. The van der Waals surface area contributed by atoms with Crippen LogP contribution >= 0.6 is 46.4 Å². The first kappa shape index (κ1) is 13.7. The molecule has 0 saturated heterocycles. The first-order chi connectivity index (χ1) is 7.40. The largest absolute Gasteiger partial charge is 0.370 e. The van der Waals surface area contributed by atoms with E-state index < -0.39 is 0 Å². The molecule has 0 radical (unpaired) electrons. The summed E-state index contributed by atoms with van der Waals surface area (Å²) in [7, 11) is 3.27. The third-order valence-corrected chi connectivity index (χ3v) is 3.76. The average molecular weight is 301 g/mol. The summed E-state index contributed by atoms with van der Waals surface area (Å²) in [4.78, 5) is 5.40. The van der Waals surface area contributed by atoms with Crippen molar-refractivity contribution in [2.75, 3.05) is 19.0 Å². The molecule has 0 amide bonds. The summed E-state index contributed by atoms with van der Waals surface area (Å²) in [6, 6.07) is 1.58. The first-order valence-electron chi connectivity index (χ1n) is 4.19. The molecule has 1 aromatic rings. The van der Waals surface area contributed by atoms with Crippen LogP contribution in [-0.2, 0) is 0 Å². The standard InChI is InChI=1S/C9H9Cl4N3/c1-15-9(14)16(2)5-3-4(10)6(11)8(13)7(5)12/h3H,1-2H3,(H2,14,15). The molecular formula is C9H9Cl4N3. The van der Waals surface area contributed by atoms with Gasteiger partial charge in [0.1, 0.15) is 0 Å². The fourth-order valence-corrected chi connectivity index (χ4v) is 2.00. The summed E-state index contributed by atoms with van der Waals surface area (Å²) in [6.45, 7) is 0. The Morgan fingerprint density at radius 1 is 1.19 bits per heavy atom. The summed E-state index contributed by atoms with van der Waals surface area (Å²) < 4.78 is 0. The van der Waals surface area contributed by atoms with E-state index in [1.807, 2.05) is 0 Å². The highest BCUT2D eigenvalue weighted by atomic mass is 35.5. The van der Waals surface area contributed by atoms with Gasteiger partial charge in [-0.3, -0.25) is 4.99 Å². The van der Waals surface area contributed by atoms with Crippen molar-refractivity contribution in [1.29, 1.82) is 0 Å². The molecule has 0 bridgehead atoms. The van der Waals surface area contributed by atoms with E-state index in [9.17, 15) is 0 Å². The van der Waals surface area contributed by atoms with Gasteiger partial charge in [-0.05, 0) is 6.07 Å². The van der Waals surface area contributed by atoms with Crippen LogP contribution in [-0.4, -0.2) is 20.1 Å². The molecule has 1 aromatic carbocycles. The van der Waals surface area contributed by atoms with Crippen LogP contribution in [0.25, 0.3) is 0 Å². The Morgan fingerprint density at radius 3 is 2.25 bits per heavy atom. The highest BCUT2D eigenvalue weighted by Crippen LogP contribution is 2.41. The molecule has 0 aliphatic carbocycles. The van der Waals surface area contributed by atoms with Crippen LogP contribution in [0.4, 0.5) is 5.69 Å². The third kappa shape index (κ3) is 2.48. The van der Waals surface area contributed by atoms with Crippen LogP contribution in [0.5, 0.6) is 0 Å². The second kappa shape index (κ2) is 5.32. The molecule has 3 nitrogen and oxygen atoms in total. The summed E-state index contributed by atoms with van der Waals surface area (Å²) >= 11 is 23.7. The lowest BCUT2D eigenvalue weighted by molar-refractivity contribution is 1.20. The predicted molar refractivity (Wildman–Crippen MR) is 72.4 cm³/mol. The van der Waals surface area contributed by atoms with Crippen LogP contribution in [0.3, 0.4) is 0 Å². The van der Waals surface area contributed by atoms with Gasteiger partial charge in [0.2, 0.25) is 0 Å². The van der Waals surface area contributed by atoms with E-state index >= 15 is 0 Å². The zero-order valence-electron chi connectivity index (χ0n) is 8.56. The number of benzene rings is 1. The first-order valence-corrected chi connectivity index (χ1v) is 5.70. The second-order valence-corrected chi connectivity index (χ2v) is 4.50. The van der Waals surface area contributed by atoms with Crippen LogP contribution in [0.1, 0.15) is 0 Å². The van der Waals surface area contributed by atoms with Gasteiger partial charge in [0.15, 0.2) is 5.96 Å². The molecule has 0 heterocycles. The van der Waals surface area contributed by atoms with Crippen molar-refractivity contribution >= 4 is 58.1 Å². The van der Waals surface area contributed by atoms with Gasteiger partial charge < -0.3 is 10.6 Å². The molecule has 0 aliphatic rings. The Labute approximate surface area is 114 Å². The summed E-state index contributed by atoms with van der Waals surface area (Å²) in [5.41, 5.74) is 6.20. The summed E-state index contributed by atoms with van der Waals surface area (Å²) in [5, 5.41) is 1.01. The Bertz CT molecular complexity index is 445. The maximum Gasteiger partial charge on any atom is 0.195 e. The zero-order valence-corrected chi connectivity index (χ0v) is 11.6. The number of halogens is 4. The van der Waals surface area contributed by atoms with E-state index in [-0.39, 0.29) is 21.0 Å². The van der Waals surface area contributed by atoms with E-state index in [2.05, 4.69) is 4.99 Å². The zero-order chi connectivity index (χ0) is 12.5. The summed E-state index contributed by atoms with van der Waals surface area (Å²) in [5.74, 6) is 0.288. The lowest BCUT2D eigenvalue weighted by Crippen LogP contribution is -2.33. The van der Waals surface area contributed by atoms with E-state index in [1.165, 1.54) is 0 Å². The number of anilines is 1. The fourth-order valence-electron chi connectivity index (χ4n) is 1.08. The minimum absolute atomic E-state index is 0.196. The van der Waals surface area contributed by atoms with Crippen LogP contribution < -0.4 is 10.6 Å². The molecule has 7 heteroatoms. The molecule has 88 valence electrons. The van der Waals surface area contributed by atoms with Gasteiger partial charge in [0, 0.05) is 14.1 Å². The topological polar surface area (TPSA) is 41.6 Å². The van der Waals surface area contributed by atoms with Gasteiger partial charge in [-0.15, -0.1) is 0 Å². The Hall–Kier alpha value is -0.350. The van der Waals surface area contributed by atoms with E-state index in [0.717, 1.165) is 0 Å².